The van der Waals surface area contributed by atoms with E-state index in [-0.39, 0.29) is 17.5 Å². The van der Waals surface area contributed by atoms with Gasteiger partial charge in [-0.3, -0.25) is 19.6 Å². The van der Waals surface area contributed by atoms with Gasteiger partial charge >= 0.3 is 0 Å². The van der Waals surface area contributed by atoms with Gasteiger partial charge in [-0.05, 0) is 79.9 Å². The highest BCUT2D eigenvalue weighted by Crippen LogP contribution is 2.60. The lowest BCUT2D eigenvalue weighted by Gasteiger charge is -2.58. The smallest absolute Gasteiger partial charge is 0.269 e. The van der Waals surface area contributed by atoms with Crippen LogP contribution in [-0.4, -0.2) is 28.2 Å². The Morgan fingerprint density at radius 3 is 2.53 bits per heavy atom. The van der Waals surface area contributed by atoms with Crippen molar-refractivity contribution in [3.05, 3.63) is 59.3 Å². The second-order valence-corrected chi connectivity index (χ2v) is 11.0. The fraction of sp³-hybridized carbons (Fsp3) is 0.467. The number of hydrogen-bond acceptors (Lipinski definition) is 4. The third-order valence-corrected chi connectivity index (χ3v) is 8.52. The van der Waals surface area contributed by atoms with Gasteiger partial charge < -0.3 is 5.32 Å². The molecule has 0 unspecified atom stereocenters. The molecule has 1 aromatic carbocycles. The van der Waals surface area contributed by atoms with Gasteiger partial charge in [0.1, 0.15) is 11.5 Å². The molecule has 4 saturated carbocycles. The molecule has 1 amide bonds. The molecule has 4 aliphatic carbocycles. The Labute approximate surface area is 210 Å². The molecule has 2 bridgehead atoms. The number of amides is 1. The number of aromatic nitrogens is 2. The second kappa shape index (κ2) is 9.38. The van der Waals surface area contributed by atoms with Gasteiger partial charge in [0.05, 0.1) is 5.52 Å². The summed E-state index contributed by atoms with van der Waals surface area (Å²) in [6.45, 7) is 2.68. The summed E-state index contributed by atoms with van der Waals surface area (Å²) < 4.78 is 15.2. The van der Waals surface area contributed by atoms with Crippen LogP contribution in [0.25, 0.3) is 22.0 Å². The van der Waals surface area contributed by atoms with Crippen LogP contribution in [0, 0.1) is 29.5 Å². The number of carbonyl (C=O) groups excluding carboxylic acids is 2. The summed E-state index contributed by atoms with van der Waals surface area (Å²) in [6, 6.07) is 6.68. The molecule has 7 rings (SSSR count). The first kappa shape index (κ1) is 23.3. The maximum atomic E-state index is 15.2. The molecule has 36 heavy (non-hydrogen) atoms. The van der Waals surface area contributed by atoms with Crippen LogP contribution in [-0.2, 0) is 6.42 Å². The predicted molar refractivity (Wildman–Crippen MR) is 137 cm³/mol. The number of rotatable bonds is 10. The van der Waals surface area contributed by atoms with E-state index in [2.05, 4.69) is 22.2 Å². The third-order valence-electron chi connectivity index (χ3n) is 8.52. The van der Waals surface area contributed by atoms with Crippen LogP contribution in [0.15, 0.2) is 36.7 Å². The van der Waals surface area contributed by atoms with E-state index >= 15 is 4.39 Å². The number of hydrogen-bond donors (Lipinski definition) is 1. The third kappa shape index (κ3) is 4.31. The second-order valence-electron chi connectivity index (χ2n) is 11.0. The molecule has 0 radical (unpaired) electrons. The first-order valence-corrected chi connectivity index (χ1v) is 13.4. The van der Waals surface area contributed by atoms with Crippen LogP contribution in [0.3, 0.4) is 0 Å². The first-order chi connectivity index (χ1) is 17.5. The zero-order valence-electron chi connectivity index (χ0n) is 20.7. The fourth-order valence-corrected chi connectivity index (χ4v) is 5.77. The molecule has 5 nitrogen and oxygen atoms in total. The van der Waals surface area contributed by atoms with Crippen molar-refractivity contribution in [3.8, 4) is 11.1 Å². The summed E-state index contributed by atoms with van der Waals surface area (Å²) in [4.78, 5) is 34.3. The molecule has 2 aromatic heterocycles. The fourth-order valence-electron chi connectivity index (χ4n) is 5.77. The maximum absolute atomic E-state index is 15.2. The highest BCUT2D eigenvalue weighted by Gasteiger charge is 2.52. The summed E-state index contributed by atoms with van der Waals surface area (Å²) in [6.07, 6.45) is 11.5. The Morgan fingerprint density at radius 2 is 1.89 bits per heavy atom. The lowest BCUT2D eigenvalue weighted by molar-refractivity contribution is -0.0793. The van der Waals surface area contributed by atoms with Crippen molar-refractivity contribution < 1.29 is 14.0 Å². The Morgan fingerprint density at radius 1 is 1.08 bits per heavy atom. The lowest BCUT2D eigenvalue weighted by Crippen LogP contribution is -2.51. The van der Waals surface area contributed by atoms with E-state index in [0.717, 1.165) is 60.5 Å². The van der Waals surface area contributed by atoms with E-state index in [1.165, 1.54) is 18.9 Å². The van der Waals surface area contributed by atoms with Crippen LogP contribution < -0.4 is 5.32 Å². The summed E-state index contributed by atoms with van der Waals surface area (Å²) in [5.41, 5.74) is 3.67. The van der Waals surface area contributed by atoms with Gasteiger partial charge in [-0.1, -0.05) is 19.4 Å². The molecular weight excluding hydrogens is 453 g/mol. The van der Waals surface area contributed by atoms with Crippen LogP contribution in [0.2, 0.25) is 0 Å². The molecular formula is C30H32FN3O2. The SMILES string of the molecule is CCCCNC(=O)c1ccc(-c2cc3c(CC4C5CC4C5)c(C(=O)CC4CC4)cnc3cc2F)cn1. The van der Waals surface area contributed by atoms with Crippen LogP contribution in [0.4, 0.5) is 4.39 Å². The minimum Gasteiger partial charge on any atom is -0.351 e. The van der Waals surface area contributed by atoms with Crippen molar-refractivity contribution in [2.75, 3.05) is 6.54 Å². The van der Waals surface area contributed by atoms with E-state index in [1.807, 2.05) is 6.07 Å². The summed E-state index contributed by atoms with van der Waals surface area (Å²) in [5.74, 6) is 2.23. The van der Waals surface area contributed by atoms with E-state index in [9.17, 15) is 9.59 Å². The molecule has 1 N–H and O–H groups in total. The van der Waals surface area contributed by atoms with Gasteiger partial charge in [-0.15, -0.1) is 0 Å². The minimum atomic E-state index is -0.383. The molecule has 0 saturated heterocycles. The molecule has 0 aliphatic heterocycles. The van der Waals surface area contributed by atoms with Crippen LogP contribution in [0.1, 0.15) is 78.3 Å². The number of nitrogens with zero attached hydrogens (tertiary/aromatic N) is 2. The Bertz CT molecular complexity index is 1320. The van der Waals surface area contributed by atoms with Gasteiger partial charge in [0.2, 0.25) is 0 Å². The number of nitrogens with one attached hydrogen (secondary N) is 1. The van der Waals surface area contributed by atoms with Crippen LogP contribution >= 0.6 is 0 Å². The molecule has 186 valence electrons. The predicted octanol–water partition coefficient (Wildman–Crippen LogP) is 6.15. The standard InChI is InChI=1S/C30H32FN3O2/c1-2-3-8-32-30(36)27-7-6-18(15-33-27)22-13-24-23(12-21-19-10-20(21)11-19)25(29(35)9-17-4-5-17)16-34-28(24)14-26(22)31/h6-7,13-17,19-21H,2-5,8-12H2,1H3,(H,32,36). The Kier molecular flexibility index (Phi) is 6.06. The first-order valence-electron chi connectivity index (χ1n) is 13.4. The number of halogens is 1. The number of benzene rings is 1. The van der Waals surface area contributed by atoms with Crippen molar-refractivity contribution in [2.24, 2.45) is 23.7 Å². The Hall–Kier alpha value is -3.15. The largest absolute Gasteiger partial charge is 0.351 e. The molecule has 4 aliphatic rings. The van der Waals surface area contributed by atoms with Gasteiger partial charge in [-0.25, -0.2) is 4.39 Å². The average Bonchev–Trinajstić information content (AvgIpc) is 3.64. The number of ketones is 1. The number of unbranched alkanes of at least 4 members (excludes halogenated alkanes) is 1. The monoisotopic (exact) mass is 485 g/mol. The van der Waals surface area contributed by atoms with E-state index in [0.29, 0.717) is 47.1 Å². The number of carbonyl (C=O) groups is 2. The van der Waals surface area contributed by atoms with Crippen molar-refractivity contribution >= 4 is 22.6 Å². The summed E-state index contributed by atoms with van der Waals surface area (Å²) in [7, 11) is 0. The molecule has 3 aromatic rings. The molecule has 0 atom stereocenters. The Balaban J connectivity index is 1.35. The summed E-state index contributed by atoms with van der Waals surface area (Å²) >= 11 is 0. The summed E-state index contributed by atoms with van der Waals surface area (Å²) in [5, 5.41) is 3.72. The number of fused-ring (bicyclic) bond motifs is 1. The molecule has 6 heteroatoms. The molecule has 0 spiro atoms. The van der Waals surface area contributed by atoms with Gasteiger partial charge in [0, 0.05) is 53.5 Å². The average molecular weight is 486 g/mol. The van der Waals surface area contributed by atoms with E-state index in [1.54, 1.807) is 24.5 Å². The van der Waals surface area contributed by atoms with Crippen molar-refractivity contribution in [1.82, 2.24) is 15.3 Å². The number of pyridine rings is 2. The lowest BCUT2D eigenvalue weighted by atomic mass is 9.47. The molecule has 4 fully saturated rings. The highest BCUT2D eigenvalue weighted by molar-refractivity contribution is 6.02. The van der Waals surface area contributed by atoms with E-state index in [4.69, 9.17) is 0 Å². The minimum absolute atomic E-state index is 0.167. The van der Waals surface area contributed by atoms with Gasteiger partial charge in [-0.2, -0.15) is 0 Å². The van der Waals surface area contributed by atoms with Crippen molar-refractivity contribution in [3.63, 3.8) is 0 Å². The zero-order chi connectivity index (χ0) is 24.8. The molecule has 2 heterocycles. The van der Waals surface area contributed by atoms with Gasteiger partial charge in [0.15, 0.2) is 5.78 Å². The quantitative estimate of drug-likeness (QED) is 0.276. The topological polar surface area (TPSA) is 72.0 Å². The maximum Gasteiger partial charge on any atom is 0.269 e. The highest BCUT2D eigenvalue weighted by atomic mass is 19.1. The van der Waals surface area contributed by atoms with Crippen molar-refractivity contribution in [1.29, 1.82) is 0 Å². The van der Waals surface area contributed by atoms with E-state index < -0.39 is 0 Å². The normalized spacial score (nSPS) is 22.1. The van der Waals surface area contributed by atoms with Gasteiger partial charge in [0.25, 0.3) is 5.91 Å². The van der Waals surface area contributed by atoms with Crippen molar-refractivity contribution in [2.45, 2.75) is 58.3 Å². The number of Topliss-reactive ketones (excluding diaryl/α,β-unsaturated/α-hetero) is 1. The van der Waals surface area contributed by atoms with Crippen LogP contribution in [0.5, 0.6) is 0 Å². The zero-order valence-corrected chi connectivity index (χ0v) is 20.7.